The molecule has 0 spiro atoms. The lowest BCUT2D eigenvalue weighted by atomic mass is 10.2. The fourth-order valence-electron chi connectivity index (χ4n) is 1.83. The van der Waals surface area contributed by atoms with Gasteiger partial charge in [-0.1, -0.05) is 0 Å². The van der Waals surface area contributed by atoms with Crippen LogP contribution in [-0.4, -0.2) is 39.4 Å². The second-order valence-corrected chi connectivity index (χ2v) is 3.82. The summed E-state index contributed by atoms with van der Waals surface area (Å²) >= 11 is 0. The molecule has 2 heterocycles. The number of methoxy groups -OCH3 is 1. The van der Waals surface area contributed by atoms with Gasteiger partial charge in [-0.15, -0.1) is 0 Å². The SMILES string of the molecule is COC(=O)c1cnn2c(=O)c(CCO)c(C)[nH]c12. The lowest BCUT2D eigenvalue weighted by Crippen LogP contribution is -2.23. The highest BCUT2D eigenvalue weighted by Gasteiger charge is 2.17. The van der Waals surface area contributed by atoms with Gasteiger partial charge in [0.05, 0.1) is 13.3 Å². The summed E-state index contributed by atoms with van der Waals surface area (Å²) in [6, 6.07) is 0. The number of hydrogen-bond donors (Lipinski definition) is 2. The molecule has 7 nitrogen and oxygen atoms in total. The molecular weight excluding hydrogens is 238 g/mol. The van der Waals surface area contributed by atoms with Gasteiger partial charge in [-0.05, 0) is 6.92 Å². The fourth-order valence-corrected chi connectivity index (χ4v) is 1.83. The quantitative estimate of drug-likeness (QED) is 0.727. The van der Waals surface area contributed by atoms with E-state index < -0.39 is 5.97 Å². The second-order valence-electron chi connectivity index (χ2n) is 3.82. The third-order valence-electron chi connectivity index (χ3n) is 2.75. The minimum atomic E-state index is -0.560. The average Bonchev–Trinajstić information content (AvgIpc) is 2.77. The molecule has 0 bridgehead atoms. The first-order chi connectivity index (χ1) is 8.60. The lowest BCUT2D eigenvalue weighted by Gasteiger charge is -2.05. The Morgan fingerprint density at radius 1 is 1.61 bits per heavy atom. The molecule has 0 aliphatic carbocycles. The molecule has 2 aromatic heterocycles. The number of aromatic amines is 1. The predicted octanol–water partition coefficient (Wildman–Crippen LogP) is -0.348. The highest BCUT2D eigenvalue weighted by molar-refractivity contribution is 5.95. The second kappa shape index (κ2) is 4.61. The number of aromatic nitrogens is 3. The molecule has 0 radical (unpaired) electrons. The van der Waals surface area contributed by atoms with Crippen LogP contribution in [0.3, 0.4) is 0 Å². The van der Waals surface area contributed by atoms with Crippen LogP contribution in [-0.2, 0) is 11.2 Å². The van der Waals surface area contributed by atoms with Gasteiger partial charge in [0.15, 0.2) is 5.65 Å². The molecule has 0 unspecified atom stereocenters. The van der Waals surface area contributed by atoms with Gasteiger partial charge in [-0.3, -0.25) is 4.79 Å². The first-order valence-electron chi connectivity index (χ1n) is 5.38. The van der Waals surface area contributed by atoms with Crippen molar-refractivity contribution in [2.75, 3.05) is 13.7 Å². The number of hydrogen-bond acceptors (Lipinski definition) is 5. The first kappa shape index (κ1) is 12.3. The number of aliphatic hydroxyl groups is 1. The van der Waals surface area contributed by atoms with Crippen LogP contribution in [0.1, 0.15) is 21.6 Å². The Morgan fingerprint density at radius 3 is 2.94 bits per heavy atom. The van der Waals surface area contributed by atoms with Gasteiger partial charge >= 0.3 is 5.97 Å². The predicted molar refractivity (Wildman–Crippen MR) is 62.7 cm³/mol. The number of aryl methyl sites for hydroxylation is 1. The highest BCUT2D eigenvalue weighted by atomic mass is 16.5. The van der Waals surface area contributed by atoms with E-state index in [1.165, 1.54) is 13.3 Å². The van der Waals surface area contributed by atoms with Crippen molar-refractivity contribution in [2.45, 2.75) is 13.3 Å². The van der Waals surface area contributed by atoms with Gasteiger partial charge in [-0.2, -0.15) is 9.61 Å². The van der Waals surface area contributed by atoms with Gasteiger partial charge in [0.25, 0.3) is 5.56 Å². The third-order valence-corrected chi connectivity index (χ3v) is 2.75. The smallest absolute Gasteiger partial charge is 0.343 e. The van der Waals surface area contributed by atoms with Gasteiger partial charge in [0, 0.05) is 24.3 Å². The number of nitrogens with zero attached hydrogens (tertiary/aromatic N) is 2. The maximum atomic E-state index is 12.1. The normalized spacial score (nSPS) is 10.8. The molecule has 0 saturated carbocycles. The number of carbonyl (C=O) groups is 1. The number of H-pyrrole nitrogens is 1. The van der Waals surface area contributed by atoms with Crippen molar-refractivity contribution in [1.29, 1.82) is 0 Å². The van der Waals surface area contributed by atoms with E-state index in [0.29, 0.717) is 16.9 Å². The number of fused-ring (bicyclic) bond motifs is 1. The summed E-state index contributed by atoms with van der Waals surface area (Å²) in [6.07, 6.45) is 1.52. The number of carbonyl (C=O) groups excluding carboxylic acids is 1. The van der Waals surface area contributed by atoms with Crippen molar-refractivity contribution in [2.24, 2.45) is 0 Å². The maximum absolute atomic E-state index is 12.1. The number of ether oxygens (including phenoxy) is 1. The van der Waals surface area contributed by atoms with Gasteiger partial charge < -0.3 is 14.8 Å². The Kier molecular flexibility index (Phi) is 3.15. The van der Waals surface area contributed by atoms with E-state index in [9.17, 15) is 9.59 Å². The third kappa shape index (κ3) is 1.78. The molecule has 0 atom stereocenters. The molecule has 0 amide bonds. The molecule has 0 saturated heterocycles. The van der Waals surface area contributed by atoms with E-state index >= 15 is 0 Å². The molecule has 2 N–H and O–H groups in total. The zero-order valence-electron chi connectivity index (χ0n) is 10.1. The Balaban J connectivity index is 2.72. The van der Waals surface area contributed by atoms with E-state index in [1.54, 1.807) is 6.92 Å². The van der Waals surface area contributed by atoms with Crippen LogP contribution in [0.2, 0.25) is 0 Å². The van der Waals surface area contributed by atoms with Gasteiger partial charge in [-0.25, -0.2) is 4.79 Å². The molecule has 96 valence electrons. The largest absolute Gasteiger partial charge is 0.465 e. The van der Waals surface area contributed by atoms with Crippen molar-refractivity contribution in [3.63, 3.8) is 0 Å². The zero-order valence-corrected chi connectivity index (χ0v) is 10.1. The molecule has 0 fully saturated rings. The number of nitrogens with one attached hydrogen (secondary N) is 1. The van der Waals surface area contributed by atoms with Gasteiger partial charge in [0.1, 0.15) is 5.56 Å². The summed E-state index contributed by atoms with van der Waals surface area (Å²) in [4.78, 5) is 26.5. The lowest BCUT2D eigenvalue weighted by molar-refractivity contribution is 0.0602. The summed E-state index contributed by atoms with van der Waals surface area (Å²) in [6.45, 7) is 1.58. The minimum Gasteiger partial charge on any atom is -0.465 e. The van der Waals surface area contributed by atoms with Crippen LogP contribution in [0.5, 0.6) is 0 Å². The Hall–Kier alpha value is -2.15. The number of aliphatic hydroxyl groups excluding tert-OH is 1. The van der Waals surface area contributed by atoms with Crippen LogP contribution in [0.4, 0.5) is 0 Å². The summed E-state index contributed by atoms with van der Waals surface area (Å²) in [7, 11) is 1.26. The Labute approximate surface area is 102 Å². The number of rotatable bonds is 3. The van der Waals surface area contributed by atoms with E-state index in [2.05, 4.69) is 14.8 Å². The number of esters is 1. The summed E-state index contributed by atoms with van der Waals surface area (Å²) in [5.41, 5.74) is 1.21. The summed E-state index contributed by atoms with van der Waals surface area (Å²) < 4.78 is 5.71. The van der Waals surface area contributed by atoms with Crippen LogP contribution >= 0.6 is 0 Å². The van der Waals surface area contributed by atoms with E-state index in [1.807, 2.05) is 0 Å². The summed E-state index contributed by atoms with van der Waals surface area (Å²) in [5, 5.41) is 12.8. The van der Waals surface area contributed by atoms with Crippen molar-refractivity contribution in [3.8, 4) is 0 Å². The van der Waals surface area contributed by atoms with Crippen molar-refractivity contribution >= 4 is 11.6 Å². The van der Waals surface area contributed by atoms with Crippen molar-refractivity contribution in [3.05, 3.63) is 33.4 Å². The summed E-state index contributed by atoms with van der Waals surface area (Å²) in [5.74, 6) is -0.560. The van der Waals surface area contributed by atoms with Crippen LogP contribution < -0.4 is 5.56 Å². The zero-order chi connectivity index (χ0) is 13.3. The molecule has 18 heavy (non-hydrogen) atoms. The van der Waals surface area contributed by atoms with Crippen molar-refractivity contribution in [1.82, 2.24) is 14.6 Å². The topological polar surface area (TPSA) is 96.7 Å². The molecule has 2 aromatic rings. The van der Waals surface area contributed by atoms with E-state index in [4.69, 9.17) is 5.11 Å². The standard InChI is InChI=1S/C11H13N3O4/c1-6-7(3-4-15)10(16)14-9(13-6)8(5-12-14)11(17)18-2/h5,13,15H,3-4H2,1-2H3. The molecule has 0 aliphatic heterocycles. The molecule has 2 rings (SSSR count). The average molecular weight is 251 g/mol. The monoisotopic (exact) mass is 251 g/mol. The van der Waals surface area contributed by atoms with Crippen LogP contribution in [0, 0.1) is 6.92 Å². The Morgan fingerprint density at radius 2 is 2.33 bits per heavy atom. The van der Waals surface area contributed by atoms with E-state index in [0.717, 1.165) is 4.52 Å². The van der Waals surface area contributed by atoms with Gasteiger partial charge in [0.2, 0.25) is 0 Å². The molecule has 0 aliphatic rings. The Bertz CT molecular complexity index is 656. The van der Waals surface area contributed by atoms with Crippen molar-refractivity contribution < 1.29 is 14.6 Å². The first-order valence-corrected chi connectivity index (χ1v) is 5.38. The van der Waals surface area contributed by atoms with Crippen LogP contribution in [0.25, 0.3) is 5.65 Å². The van der Waals surface area contributed by atoms with Crippen LogP contribution in [0.15, 0.2) is 11.0 Å². The fraction of sp³-hybridized carbons (Fsp3) is 0.364. The maximum Gasteiger partial charge on any atom is 0.343 e. The minimum absolute atomic E-state index is 0.124. The van der Waals surface area contributed by atoms with E-state index in [-0.39, 0.29) is 24.2 Å². The molecule has 7 heteroatoms. The molecular formula is C11H13N3O4. The molecule has 0 aromatic carbocycles. The highest BCUT2D eigenvalue weighted by Crippen LogP contribution is 2.10.